The van der Waals surface area contributed by atoms with Crippen molar-refractivity contribution in [3.8, 4) is 10.4 Å². The summed E-state index contributed by atoms with van der Waals surface area (Å²) in [6.07, 6.45) is 0. The highest BCUT2D eigenvalue weighted by atomic mass is 79.9. The second kappa shape index (κ2) is 4.92. The number of halogens is 1. The van der Waals surface area contributed by atoms with Gasteiger partial charge in [-0.3, -0.25) is 0 Å². The Kier molecular flexibility index (Phi) is 3.71. The molecule has 2 aromatic rings. The van der Waals surface area contributed by atoms with Crippen LogP contribution in [-0.4, -0.2) is 6.54 Å². The summed E-state index contributed by atoms with van der Waals surface area (Å²) in [4.78, 5) is 2.62. The Balaban J connectivity index is 2.40. The van der Waals surface area contributed by atoms with Crippen molar-refractivity contribution in [3.63, 3.8) is 0 Å². The van der Waals surface area contributed by atoms with Gasteiger partial charge in [-0.2, -0.15) is 0 Å². The van der Waals surface area contributed by atoms with E-state index in [9.17, 15) is 0 Å². The van der Waals surface area contributed by atoms with Gasteiger partial charge in [-0.25, -0.2) is 0 Å². The first-order chi connectivity index (χ1) is 8.04. The summed E-state index contributed by atoms with van der Waals surface area (Å²) in [7, 11) is 0. The van der Waals surface area contributed by atoms with Gasteiger partial charge in [0.1, 0.15) is 0 Å². The summed E-state index contributed by atoms with van der Waals surface area (Å²) in [5.74, 6) is 0. The Morgan fingerprint density at radius 3 is 2.53 bits per heavy atom. The molecule has 90 valence electrons. The maximum atomic E-state index is 5.81. The van der Waals surface area contributed by atoms with E-state index >= 15 is 0 Å². The fourth-order valence-corrected chi connectivity index (χ4v) is 3.39. The lowest BCUT2D eigenvalue weighted by Gasteiger charge is -2.20. The Morgan fingerprint density at radius 2 is 1.88 bits per heavy atom. The van der Waals surface area contributed by atoms with Gasteiger partial charge >= 0.3 is 0 Å². The minimum Gasteiger partial charge on any atom is -0.330 e. The molecule has 1 heterocycles. The van der Waals surface area contributed by atoms with Crippen molar-refractivity contribution in [3.05, 3.63) is 45.7 Å². The summed E-state index contributed by atoms with van der Waals surface area (Å²) in [6.45, 7) is 5.04. The summed E-state index contributed by atoms with van der Waals surface area (Å²) < 4.78 is 1.14. The number of benzene rings is 1. The average Bonchev–Trinajstić information content (AvgIpc) is 2.79. The number of nitrogens with two attached hydrogens (primary N) is 1. The molecule has 0 radical (unpaired) electrons. The van der Waals surface area contributed by atoms with Gasteiger partial charge in [0.05, 0.1) is 0 Å². The van der Waals surface area contributed by atoms with E-state index in [4.69, 9.17) is 5.73 Å². The van der Waals surface area contributed by atoms with Crippen molar-refractivity contribution in [2.75, 3.05) is 6.54 Å². The van der Waals surface area contributed by atoms with Crippen LogP contribution in [-0.2, 0) is 5.41 Å². The van der Waals surface area contributed by atoms with Crippen molar-refractivity contribution in [1.29, 1.82) is 0 Å². The zero-order chi connectivity index (χ0) is 12.5. The molecule has 0 aliphatic carbocycles. The lowest BCUT2D eigenvalue weighted by molar-refractivity contribution is 0.550. The van der Waals surface area contributed by atoms with Crippen LogP contribution in [0.15, 0.2) is 40.9 Å². The molecule has 0 saturated heterocycles. The predicted molar refractivity (Wildman–Crippen MR) is 79.5 cm³/mol. The third-order valence-corrected chi connectivity index (χ3v) is 5.10. The topological polar surface area (TPSA) is 26.0 Å². The van der Waals surface area contributed by atoms with Crippen LogP contribution in [0.2, 0.25) is 0 Å². The molecule has 0 atom stereocenters. The van der Waals surface area contributed by atoms with Gasteiger partial charge in [-0.1, -0.05) is 48.0 Å². The minimum absolute atomic E-state index is 0.0597. The van der Waals surface area contributed by atoms with E-state index in [0.29, 0.717) is 6.54 Å². The van der Waals surface area contributed by atoms with E-state index in [-0.39, 0.29) is 5.41 Å². The third-order valence-electron chi connectivity index (χ3n) is 2.92. The summed E-state index contributed by atoms with van der Waals surface area (Å²) in [5, 5.41) is 0. The van der Waals surface area contributed by atoms with Crippen LogP contribution in [0.3, 0.4) is 0 Å². The van der Waals surface area contributed by atoms with E-state index in [1.165, 1.54) is 15.3 Å². The molecule has 2 rings (SSSR count). The van der Waals surface area contributed by atoms with Gasteiger partial charge in [-0.15, -0.1) is 11.3 Å². The monoisotopic (exact) mass is 309 g/mol. The molecule has 17 heavy (non-hydrogen) atoms. The Labute approximate surface area is 115 Å². The molecule has 0 aliphatic heterocycles. The third kappa shape index (κ3) is 2.62. The molecule has 0 spiro atoms. The number of thiophene rings is 1. The van der Waals surface area contributed by atoms with E-state index in [2.05, 4.69) is 60.1 Å². The molecule has 0 saturated carbocycles. The van der Waals surface area contributed by atoms with Crippen LogP contribution in [0.5, 0.6) is 0 Å². The van der Waals surface area contributed by atoms with E-state index in [0.717, 1.165) is 4.47 Å². The maximum absolute atomic E-state index is 5.81. The Bertz CT molecular complexity index is 516. The van der Waals surface area contributed by atoms with E-state index < -0.39 is 0 Å². The molecule has 0 unspecified atom stereocenters. The van der Waals surface area contributed by atoms with Gasteiger partial charge in [0.15, 0.2) is 0 Å². The average molecular weight is 310 g/mol. The van der Waals surface area contributed by atoms with Crippen molar-refractivity contribution < 1.29 is 0 Å². The summed E-state index contributed by atoms with van der Waals surface area (Å²) >= 11 is 5.41. The zero-order valence-electron chi connectivity index (χ0n) is 10.0. The SMILES string of the molecule is CC(C)(CN)c1ccc(-c2ccccc2Br)s1. The van der Waals surface area contributed by atoms with Gasteiger partial charge in [0, 0.05) is 31.8 Å². The molecule has 3 heteroatoms. The van der Waals surface area contributed by atoms with E-state index in [1.54, 1.807) is 0 Å². The molecular formula is C14H16BrNS. The molecule has 0 amide bonds. The number of rotatable bonds is 3. The molecule has 1 nitrogen and oxygen atoms in total. The van der Waals surface area contributed by atoms with Gasteiger partial charge in [0.2, 0.25) is 0 Å². The number of hydrogen-bond donors (Lipinski definition) is 1. The van der Waals surface area contributed by atoms with Crippen molar-refractivity contribution in [1.82, 2.24) is 0 Å². The standard InChI is InChI=1S/C14H16BrNS/c1-14(2,9-16)13-8-7-12(17-13)10-5-3-4-6-11(10)15/h3-8H,9,16H2,1-2H3. The largest absolute Gasteiger partial charge is 0.330 e. The highest BCUT2D eigenvalue weighted by Crippen LogP contribution is 2.37. The molecule has 0 aliphatic rings. The fraction of sp³-hybridized carbons (Fsp3) is 0.286. The minimum atomic E-state index is 0.0597. The van der Waals surface area contributed by atoms with Gasteiger partial charge < -0.3 is 5.73 Å². The second-order valence-corrected chi connectivity index (χ2v) is 6.67. The van der Waals surface area contributed by atoms with Gasteiger partial charge in [-0.05, 0) is 18.2 Å². The first-order valence-corrected chi connectivity index (χ1v) is 7.21. The lowest BCUT2D eigenvalue weighted by Crippen LogP contribution is -2.26. The highest BCUT2D eigenvalue weighted by Gasteiger charge is 2.21. The predicted octanol–water partition coefficient (Wildman–Crippen LogP) is 4.41. The fourth-order valence-electron chi connectivity index (χ4n) is 1.61. The van der Waals surface area contributed by atoms with E-state index in [1.807, 2.05) is 17.4 Å². The van der Waals surface area contributed by atoms with Crippen molar-refractivity contribution >= 4 is 27.3 Å². The van der Waals surface area contributed by atoms with Crippen LogP contribution in [0.25, 0.3) is 10.4 Å². The summed E-state index contributed by atoms with van der Waals surface area (Å²) in [5.41, 5.74) is 7.12. The van der Waals surface area contributed by atoms with Crippen molar-refractivity contribution in [2.45, 2.75) is 19.3 Å². The normalized spacial score (nSPS) is 11.8. The molecule has 1 aromatic heterocycles. The molecule has 0 fully saturated rings. The zero-order valence-corrected chi connectivity index (χ0v) is 12.4. The first-order valence-electron chi connectivity index (χ1n) is 5.60. The number of hydrogen-bond acceptors (Lipinski definition) is 2. The summed E-state index contributed by atoms with van der Waals surface area (Å²) in [6, 6.07) is 12.7. The van der Waals surface area contributed by atoms with Crippen LogP contribution in [0.1, 0.15) is 18.7 Å². The second-order valence-electron chi connectivity index (χ2n) is 4.73. The van der Waals surface area contributed by atoms with Crippen LogP contribution >= 0.6 is 27.3 Å². The molecular weight excluding hydrogens is 294 g/mol. The smallest absolute Gasteiger partial charge is 0.0357 e. The highest BCUT2D eigenvalue weighted by molar-refractivity contribution is 9.10. The molecule has 0 bridgehead atoms. The molecule has 2 N–H and O–H groups in total. The van der Waals surface area contributed by atoms with Crippen LogP contribution in [0.4, 0.5) is 0 Å². The van der Waals surface area contributed by atoms with Crippen LogP contribution < -0.4 is 5.73 Å². The van der Waals surface area contributed by atoms with Crippen LogP contribution in [0, 0.1) is 0 Å². The Hall–Kier alpha value is -0.640. The van der Waals surface area contributed by atoms with Gasteiger partial charge in [0.25, 0.3) is 0 Å². The maximum Gasteiger partial charge on any atom is 0.0357 e. The van der Waals surface area contributed by atoms with Crippen molar-refractivity contribution in [2.24, 2.45) is 5.73 Å². The quantitative estimate of drug-likeness (QED) is 0.892. The first kappa shape index (κ1) is 12.8. The Morgan fingerprint density at radius 1 is 1.18 bits per heavy atom. The lowest BCUT2D eigenvalue weighted by atomic mass is 9.92. The molecule has 1 aromatic carbocycles.